The molecule has 0 N–H and O–H groups in total. The number of benzene rings is 2. The summed E-state index contributed by atoms with van der Waals surface area (Å²) in [4.78, 5) is 2.24. The van der Waals surface area contributed by atoms with Gasteiger partial charge in [0.2, 0.25) is 0 Å². The molecule has 6 heteroatoms. The van der Waals surface area contributed by atoms with Crippen molar-refractivity contribution in [3.8, 4) is 11.5 Å². The van der Waals surface area contributed by atoms with Crippen LogP contribution >= 0.6 is 0 Å². The van der Waals surface area contributed by atoms with Gasteiger partial charge in [-0.05, 0) is 43.2 Å². The van der Waals surface area contributed by atoms with Crippen LogP contribution in [0.5, 0.6) is 11.5 Å². The molecule has 0 bridgehead atoms. The van der Waals surface area contributed by atoms with Crippen molar-refractivity contribution in [1.82, 2.24) is 4.90 Å². The number of rotatable bonds is 5. The predicted molar refractivity (Wildman–Crippen MR) is 110 cm³/mol. The zero-order chi connectivity index (χ0) is 19.7. The molecule has 0 amide bonds. The van der Waals surface area contributed by atoms with E-state index in [2.05, 4.69) is 4.90 Å². The lowest BCUT2D eigenvalue weighted by Gasteiger charge is -2.33. The highest BCUT2D eigenvalue weighted by molar-refractivity contribution is 7.92. The molecule has 4 rings (SSSR count). The zero-order valence-corrected chi connectivity index (χ0v) is 17.2. The number of hydrogen-bond donors (Lipinski definition) is 0. The summed E-state index contributed by atoms with van der Waals surface area (Å²) in [5.41, 5.74) is 2.34. The Balaban J connectivity index is 1.48. The van der Waals surface area contributed by atoms with E-state index in [1.807, 2.05) is 55.5 Å². The Morgan fingerprint density at radius 3 is 2.36 bits per heavy atom. The lowest BCUT2D eigenvalue weighted by Crippen LogP contribution is -2.46. The summed E-state index contributed by atoms with van der Waals surface area (Å²) in [5, 5.41) is -0.338. The van der Waals surface area contributed by atoms with Gasteiger partial charge in [0.25, 0.3) is 0 Å². The van der Waals surface area contributed by atoms with Gasteiger partial charge < -0.3 is 9.47 Å². The maximum atomic E-state index is 12.7. The highest BCUT2D eigenvalue weighted by Crippen LogP contribution is 2.36. The van der Waals surface area contributed by atoms with Crippen LogP contribution in [-0.4, -0.2) is 50.6 Å². The number of hydrogen-bond acceptors (Lipinski definition) is 5. The smallest absolute Gasteiger partial charge is 0.155 e. The van der Waals surface area contributed by atoms with Gasteiger partial charge in [-0.2, -0.15) is 0 Å². The summed E-state index contributed by atoms with van der Waals surface area (Å²) in [6.45, 7) is 4.10. The minimum atomic E-state index is -3.07. The van der Waals surface area contributed by atoms with Gasteiger partial charge in [0, 0.05) is 25.6 Å². The zero-order valence-electron chi connectivity index (χ0n) is 16.4. The van der Waals surface area contributed by atoms with Gasteiger partial charge in [0.15, 0.2) is 9.84 Å². The maximum absolute atomic E-state index is 12.7. The van der Waals surface area contributed by atoms with Crippen molar-refractivity contribution >= 4 is 9.84 Å². The Labute approximate surface area is 167 Å². The van der Waals surface area contributed by atoms with Gasteiger partial charge in [-0.15, -0.1) is 0 Å². The summed E-state index contributed by atoms with van der Waals surface area (Å²) >= 11 is 0. The van der Waals surface area contributed by atoms with Crippen LogP contribution in [0.4, 0.5) is 0 Å². The predicted octanol–water partition coefficient (Wildman–Crippen LogP) is 3.07. The van der Waals surface area contributed by atoms with Crippen molar-refractivity contribution < 1.29 is 17.9 Å². The highest BCUT2D eigenvalue weighted by atomic mass is 32.2. The number of nitrogens with zero attached hydrogens (tertiary/aromatic N) is 1. The maximum Gasteiger partial charge on any atom is 0.155 e. The van der Waals surface area contributed by atoms with Crippen LogP contribution in [0.25, 0.3) is 0 Å². The van der Waals surface area contributed by atoms with Crippen LogP contribution in [-0.2, 0) is 16.4 Å². The highest BCUT2D eigenvalue weighted by Gasteiger charge is 2.49. The van der Waals surface area contributed by atoms with E-state index in [9.17, 15) is 8.42 Å². The average molecular weight is 402 g/mol. The van der Waals surface area contributed by atoms with Crippen molar-refractivity contribution in [2.24, 2.45) is 5.92 Å². The fraction of sp³-hybridized carbons (Fsp3) is 0.455. The van der Waals surface area contributed by atoms with Gasteiger partial charge in [0.1, 0.15) is 17.6 Å². The van der Waals surface area contributed by atoms with Crippen molar-refractivity contribution in [1.29, 1.82) is 0 Å². The Kier molecular flexibility index (Phi) is 5.34. The molecule has 150 valence electrons. The molecular formula is C22H27NO4S. The Bertz CT molecular complexity index is 909. The van der Waals surface area contributed by atoms with E-state index in [1.54, 1.807) is 7.11 Å². The van der Waals surface area contributed by atoms with E-state index in [1.165, 1.54) is 5.56 Å². The second-order valence-electron chi connectivity index (χ2n) is 7.87. The van der Waals surface area contributed by atoms with E-state index >= 15 is 0 Å². The molecule has 5 nitrogen and oxygen atoms in total. The molecular weight excluding hydrogens is 374 g/mol. The molecule has 3 atom stereocenters. The number of fused-ring (bicyclic) bond motifs is 1. The molecule has 2 fully saturated rings. The molecule has 0 radical (unpaired) electrons. The van der Waals surface area contributed by atoms with Crippen molar-refractivity contribution in [3.05, 3.63) is 59.7 Å². The summed E-state index contributed by atoms with van der Waals surface area (Å²) in [6.07, 6.45) is 0.505. The Morgan fingerprint density at radius 2 is 1.68 bits per heavy atom. The van der Waals surface area contributed by atoms with Crippen LogP contribution in [0.15, 0.2) is 48.5 Å². The van der Waals surface area contributed by atoms with E-state index in [0.717, 1.165) is 30.2 Å². The normalized spacial score (nSPS) is 26.6. The third-order valence-electron chi connectivity index (χ3n) is 5.88. The van der Waals surface area contributed by atoms with Gasteiger partial charge in [-0.25, -0.2) is 8.42 Å². The molecule has 0 spiro atoms. The van der Waals surface area contributed by atoms with Crippen molar-refractivity contribution in [2.45, 2.75) is 31.2 Å². The number of ether oxygens (including phenoxy) is 2. The Morgan fingerprint density at radius 1 is 1.00 bits per heavy atom. The van der Waals surface area contributed by atoms with Crippen LogP contribution in [0.3, 0.4) is 0 Å². The Hall–Kier alpha value is -2.05. The molecule has 2 aromatic carbocycles. The molecule has 2 aromatic rings. The summed E-state index contributed by atoms with van der Waals surface area (Å²) in [5.74, 6) is 1.87. The monoisotopic (exact) mass is 401 g/mol. The van der Waals surface area contributed by atoms with E-state index in [0.29, 0.717) is 13.0 Å². The summed E-state index contributed by atoms with van der Waals surface area (Å²) < 4.78 is 36.8. The molecule has 0 unspecified atom stereocenters. The lowest BCUT2D eigenvalue weighted by atomic mass is 9.98. The minimum Gasteiger partial charge on any atom is -0.497 e. The average Bonchev–Trinajstić information content (AvgIpc) is 3.12. The first kappa shape index (κ1) is 19.3. The standard InChI is InChI=1S/C22H27NO4S/c1-16-3-7-19(8-4-16)27-21-11-12-28(24,25)22-15-23(14-20(21)22)13-17-5-9-18(26-2)10-6-17/h3-10,20-22H,11-15H2,1-2H3/t20-,21+,22-/m1/s1. The molecule has 2 heterocycles. The molecule has 0 aromatic heterocycles. The fourth-order valence-corrected chi connectivity index (χ4v) is 6.41. The van der Waals surface area contributed by atoms with Crippen molar-refractivity contribution in [2.75, 3.05) is 26.0 Å². The van der Waals surface area contributed by atoms with Gasteiger partial charge >= 0.3 is 0 Å². The van der Waals surface area contributed by atoms with Gasteiger partial charge in [-0.1, -0.05) is 29.8 Å². The number of likely N-dealkylation sites (tertiary alicyclic amines) is 1. The minimum absolute atomic E-state index is 0.0123. The van der Waals surface area contributed by atoms with Gasteiger partial charge in [0.05, 0.1) is 18.1 Å². The third-order valence-corrected chi connectivity index (χ3v) is 8.11. The quantitative estimate of drug-likeness (QED) is 0.771. The third kappa shape index (κ3) is 4.03. The molecule has 2 aliphatic heterocycles. The van der Waals surface area contributed by atoms with Crippen LogP contribution in [0.2, 0.25) is 0 Å². The van der Waals surface area contributed by atoms with E-state index in [-0.39, 0.29) is 23.0 Å². The first-order valence-corrected chi connectivity index (χ1v) is 11.5. The molecule has 2 aliphatic rings. The van der Waals surface area contributed by atoms with Crippen LogP contribution in [0.1, 0.15) is 17.5 Å². The van der Waals surface area contributed by atoms with Crippen LogP contribution in [0, 0.1) is 12.8 Å². The topological polar surface area (TPSA) is 55.8 Å². The first-order valence-electron chi connectivity index (χ1n) is 9.75. The molecule has 0 aliphatic carbocycles. The van der Waals surface area contributed by atoms with Gasteiger partial charge in [-0.3, -0.25) is 4.90 Å². The first-order chi connectivity index (χ1) is 13.4. The second kappa shape index (κ2) is 7.76. The largest absolute Gasteiger partial charge is 0.497 e. The van der Waals surface area contributed by atoms with Crippen LogP contribution < -0.4 is 9.47 Å². The fourth-order valence-electron chi connectivity index (χ4n) is 4.32. The number of sulfone groups is 1. The molecule has 2 saturated heterocycles. The summed E-state index contributed by atoms with van der Waals surface area (Å²) in [7, 11) is -1.42. The SMILES string of the molecule is COc1ccc(CN2C[C@@H]3[C@@H](Oc4ccc(C)cc4)CCS(=O)(=O)[C@@H]3C2)cc1. The second-order valence-corrected chi connectivity index (χ2v) is 10.2. The van der Waals surface area contributed by atoms with Crippen molar-refractivity contribution in [3.63, 3.8) is 0 Å². The number of aryl methyl sites for hydroxylation is 1. The molecule has 28 heavy (non-hydrogen) atoms. The van der Waals surface area contributed by atoms with E-state index < -0.39 is 9.84 Å². The number of methoxy groups -OCH3 is 1. The van der Waals surface area contributed by atoms with E-state index in [4.69, 9.17) is 9.47 Å². The lowest BCUT2D eigenvalue weighted by molar-refractivity contribution is 0.126. The summed E-state index contributed by atoms with van der Waals surface area (Å²) in [6, 6.07) is 15.9. The molecule has 0 saturated carbocycles.